The molecule has 2 rings (SSSR count). The normalized spacial score (nSPS) is 15.4. The van der Waals surface area contributed by atoms with Crippen LogP contribution in [-0.4, -0.2) is 28.2 Å². The van der Waals surface area contributed by atoms with Crippen molar-refractivity contribution in [3.8, 4) is 0 Å². The third kappa shape index (κ3) is 5.58. The van der Waals surface area contributed by atoms with E-state index in [1.807, 2.05) is 12.1 Å². The Hall–Kier alpha value is -0.950. The predicted octanol–water partition coefficient (Wildman–Crippen LogP) is 0.991. The molecule has 0 saturated heterocycles. The number of nitrogens with two attached hydrogens (primary N) is 1. The summed E-state index contributed by atoms with van der Waals surface area (Å²) in [4.78, 5) is 0. The molecule has 5 nitrogen and oxygen atoms in total. The molecule has 0 bridgehead atoms. The van der Waals surface area contributed by atoms with E-state index in [1.54, 1.807) is 12.1 Å². The highest BCUT2D eigenvalue weighted by atomic mass is 32.2. The van der Waals surface area contributed by atoms with E-state index in [0.717, 1.165) is 17.7 Å². The zero-order valence-electron chi connectivity index (χ0n) is 11.5. The van der Waals surface area contributed by atoms with Crippen molar-refractivity contribution in [1.82, 2.24) is 4.72 Å². The van der Waals surface area contributed by atoms with Gasteiger partial charge in [0.1, 0.15) is 0 Å². The lowest BCUT2D eigenvalue weighted by atomic mass is 10.1. The van der Waals surface area contributed by atoms with Gasteiger partial charge in [0.25, 0.3) is 0 Å². The lowest BCUT2D eigenvalue weighted by molar-refractivity contribution is 0.129. The van der Waals surface area contributed by atoms with Gasteiger partial charge in [0, 0.05) is 19.7 Å². The van der Waals surface area contributed by atoms with Gasteiger partial charge < -0.3 is 10.5 Å². The fraction of sp³-hybridized carbons (Fsp3) is 0.571. The van der Waals surface area contributed by atoms with Crippen molar-refractivity contribution in [2.75, 3.05) is 19.8 Å². The number of hydrogen-bond donors (Lipinski definition) is 2. The summed E-state index contributed by atoms with van der Waals surface area (Å²) in [5.41, 5.74) is 7.25. The molecule has 20 heavy (non-hydrogen) atoms. The van der Waals surface area contributed by atoms with Gasteiger partial charge in [-0.2, -0.15) is 0 Å². The second kappa shape index (κ2) is 7.17. The van der Waals surface area contributed by atoms with Crippen LogP contribution in [0.2, 0.25) is 0 Å². The second-order valence-electron chi connectivity index (χ2n) is 5.19. The molecule has 1 aromatic carbocycles. The monoisotopic (exact) mass is 298 g/mol. The van der Waals surface area contributed by atoms with E-state index < -0.39 is 10.0 Å². The van der Waals surface area contributed by atoms with E-state index in [2.05, 4.69) is 4.72 Å². The number of rotatable bonds is 9. The molecule has 0 radical (unpaired) electrons. The summed E-state index contributed by atoms with van der Waals surface area (Å²) in [6, 6.07) is 7.29. The van der Waals surface area contributed by atoms with Gasteiger partial charge in [0.05, 0.1) is 12.4 Å². The molecule has 0 amide bonds. The summed E-state index contributed by atoms with van der Waals surface area (Å²) in [6.45, 7) is 1.98. The number of benzene rings is 1. The minimum absolute atomic E-state index is 0.0134. The lowest BCUT2D eigenvalue weighted by Gasteiger charge is -2.08. The zero-order valence-corrected chi connectivity index (χ0v) is 12.4. The molecular formula is C14H22N2O3S. The van der Waals surface area contributed by atoms with Crippen LogP contribution in [-0.2, 0) is 27.1 Å². The van der Waals surface area contributed by atoms with Crippen LogP contribution >= 0.6 is 0 Å². The highest BCUT2D eigenvalue weighted by Crippen LogP contribution is 2.28. The molecule has 0 atom stereocenters. The molecule has 6 heteroatoms. The maximum atomic E-state index is 11.9. The second-order valence-corrected chi connectivity index (χ2v) is 7.00. The first-order valence-electron chi connectivity index (χ1n) is 6.92. The number of hydrogen-bond acceptors (Lipinski definition) is 4. The van der Waals surface area contributed by atoms with Gasteiger partial charge >= 0.3 is 0 Å². The molecule has 1 aliphatic rings. The summed E-state index contributed by atoms with van der Waals surface area (Å²) in [5, 5.41) is 0. The standard InChI is InChI=1S/C14H22N2O3S/c15-9-12-1-5-14(6-2-12)11-20(17,18)16-7-8-19-10-13-3-4-13/h1-2,5-6,13,16H,3-4,7-11,15H2. The Morgan fingerprint density at radius 3 is 2.45 bits per heavy atom. The quantitative estimate of drug-likeness (QED) is 0.666. The summed E-state index contributed by atoms with van der Waals surface area (Å²) < 4.78 is 31.7. The van der Waals surface area contributed by atoms with Gasteiger partial charge in [-0.05, 0) is 29.9 Å². The molecule has 0 heterocycles. The fourth-order valence-electron chi connectivity index (χ4n) is 1.85. The van der Waals surface area contributed by atoms with Crippen molar-refractivity contribution in [3.63, 3.8) is 0 Å². The zero-order chi connectivity index (χ0) is 14.4. The summed E-state index contributed by atoms with van der Waals surface area (Å²) in [5.74, 6) is 0.688. The van der Waals surface area contributed by atoms with Crippen LogP contribution in [0.4, 0.5) is 0 Å². The van der Waals surface area contributed by atoms with E-state index in [-0.39, 0.29) is 5.75 Å². The maximum Gasteiger partial charge on any atom is 0.215 e. The van der Waals surface area contributed by atoms with Crippen molar-refractivity contribution in [2.45, 2.75) is 25.1 Å². The third-order valence-corrected chi connectivity index (χ3v) is 4.59. The van der Waals surface area contributed by atoms with E-state index in [4.69, 9.17) is 10.5 Å². The minimum Gasteiger partial charge on any atom is -0.380 e. The molecule has 0 unspecified atom stereocenters. The summed E-state index contributed by atoms with van der Waals surface area (Å²) in [7, 11) is -3.30. The van der Waals surface area contributed by atoms with Gasteiger partial charge in [-0.1, -0.05) is 24.3 Å². The Balaban J connectivity index is 1.71. The minimum atomic E-state index is -3.30. The van der Waals surface area contributed by atoms with Crippen LogP contribution in [0.1, 0.15) is 24.0 Å². The van der Waals surface area contributed by atoms with E-state index >= 15 is 0 Å². The number of nitrogens with one attached hydrogen (secondary N) is 1. The number of sulfonamides is 1. The van der Waals surface area contributed by atoms with Crippen LogP contribution in [0.3, 0.4) is 0 Å². The molecule has 1 aromatic rings. The molecule has 112 valence electrons. The Kier molecular flexibility index (Phi) is 5.54. The highest BCUT2D eigenvalue weighted by Gasteiger charge is 2.21. The Morgan fingerprint density at radius 1 is 1.20 bits per heavy atom. The first kappa shape index (κ1) is 15.4. The number of ether oxygens (including phenoxy) is 1. The molecule has 0 aromatic heterocycles. The largest absolute Gasteiger partial charge is 0.380 e. The maximum absolute atomic E-state index is 11.9. The van der Waals surface area contributed by atoms with Crippen LogP contribution < -0.4 is 10.5 Å². The molecule has 3 N–H and O–H groups in total. The van der Waals surface area contributed by atoms with E-state index in [1.165, 1.54) is 12.8 Å². The Labute approximate surface area is 120 Å². The van der Waals surface area contributed by atoms with Crippen molar-refractivity contribution >= 4 is 10.0 Å². The molecule has 0 spiro atoms. The van der Waals surface area contributed by atoms with E-state index in [9.17, 15) is 8.42 Å². The van der Waals surface area contributed by atoms with E-state index in [0.29, 0.717) is 25.6 Å². The average molecular weight is 298 g/mol. The first-order chi connectivity index (χ1) is 9.59. The summed E-state index contributed by atoms with van der Waals surface area (Å²) in [6.07, 6.45) is 2.48. The van der Waals surface area contributed by atoms with Crippen LogP contribution in [0.25, 0.3) is 0 Å². The highest BCUT2D eigenvalue weighted by molar-refractivity contribution is 7.88. The predicted molar refractivity (Wildman–Crippen MR) is 78.5 cm³/mol. The van der Waals surface area contributed by atoms with Gasteiger partial charge in [0.15, 0.2) is 0 Å². The molecule has 0 aliphatic heterocycles. The molecule has 1 fully saturated rings. The Bertz CT molecular complexity index is 510. The van der Waals surface area contributed by atoms with Gasteiger partial charge in [-0.15, -0.1) is 0 Å². The Morgan fingerprint density at radius 2 is 1.85 bits per heavy atom. The smallest absolute Gasteiger partial charge is 0.215 e. The van der Waals surface area contributed by atoms with Crippen molar-refractivity contribution in [3.05, 3.63) is 35.4 Å². The SMILES string of the molecule is NCc1ccc(CS(=O)(=O)NCCOCC2CC2)cc1. The first-order valence-corrected chi connectivity index (χ1v) is 8.57. The van der Waals surface area contributed by atoms with Crippen molar-refractivity contribution in [1.29, 1.82) is 0 Å². The third-order valence-electron chi connectivity index (χ3n) is 3.23. The fourth-order valence-corrected chi connectivity index (χ4v) is 2.97. The lowest BCUT2D eigenvalue weighted by Crippen LogP contribution is -2.28. The summed E-state index contributed by atoms with van der Waals surface area (Å²) >= 11 is 0. The molecule has 1 aliphatic carbocycles. The van der Waals surface area contributed by atoms with Gasteiger partial charge in [-0.25, -0.2) is 13.1 Å². The van der Waals surface area contributed by atoms with Crippen LogP contribution in [0.5, 0.6) is 0 Å². The average Bonchev–Trinajstić information content (AvgIpc) is 3.23. The van der Waals surface area contributed by atoms with Gasteiger partial charge in [-0.3, -0.25) is 0 Å². The molecular weight excluding hydrogens is 276 g/mol. The molecule has 1 saturated carbocycles. The van der Waals surface area contributed by atoms with Gasteiger partial charge in [0.2, 0.25) is 10.0 Å². The van der Waals surface area contributed by atoms with Crippen molar-refractivity contribution in [2.24, 2.45) is 11.7 Å². The van der Waals surface area contributed by atoms with Crippen LogP contribution in [0, 0.1) is 5.92 Å². The van der Waals surface area contributed by atoms with Crippen molar-refractivity contribution < 1.29 is 13.2 Å². The van der Waals surface area contributed by atoms with Crippen LogP contribution in [0.15, 0.2) is 24.3 Å². The topological polar surface area (TPSA) is 81.4 Å².